The predicted molar refractivity (Wildman–Crippen MR) is 87.6 cm³/mol. The predicted octanol–water partition coefficient (Wildman–Crippen LogP) is 1.76. The van der Waals surface area contributed by atoms with E-state index in [9.17, 15) is 4.79 Å². The number of likely N-dealkylation sites (tertiary alicyclic amines) is 1. The molecule has 24 heavy (non-hydrogen) atoms. The molecule has 7 nitrogen and oxygen atoms in total. The van der Waals surface area contributed by atoms with Crippen LogP contribution in [0.25, 0.3) is 0 Å². The number of aryl methyl sites for hydroxylation is 1. The molecule has 0 spiro atoms. The second-order valence-electron chi connectivity index (χ2n) is 6.72. The lowest BCUT2D eigenvalue weighted by Crippen LogP contribution is -2.39. The van der Waals surface area contributed by atoms with E-state index in [2.05, 4.69) is 26.9 Å². The summed E-state index contributed by atoms with van der Waals surface area (Å²) in [5.74, 6) is 2.22. The molecule has 0 bridgehead atoms. The number of hydrogen-bond acceptors (Lipinski definition) is 6. The van der Waals surface area contributed by atoms with Crippen molar-refractivity contribution in [1.29, 1.82) is 0 Å². The number of rotatable bonds is 3. The van der Waals surface area contributed by atoms with Gasteiger partial charge in [0.05, 0.1) is 11.9 Å². The van der Waals surface area contributed by atoms with Crippen molar-refractivity contribution in [2.45, 2.75) is 25.8 Å². The highest BCUT2D eigenvalue weighted by Crippen LogP contribution is 2.41. The maximum absolute atomic E-state index is 12.7. The molecule has 0 aromatic carbocycles. The Morgan fingerprint density at radius 3 is 2.88 bits per heavy atom. The molecule has 3 heterocycles. The number of hydrogen-bond donors (Lipinski definition) is 0. The lowest BCUT2D eigenvalue weighted by molar-refractivity contribution is 0.0746. The minimum atomic E-state index is -0.0414. The van der Waals surface area contributed by atoms with E-state index in [1.165, 1.54) is 6.39 Å². The lowest BCUT2D eigenvalue weighted by Gasteiger charge is -2.30. The van der Waals surface area contributed by atoms with Crippen LogP contribution in [0.1, 0.15) is 29.1 Å². The molecule has 1 aliphatic heterocycles. The fourth-order valence-electron chi connectivity index (χ4n) is 4.18. The number of amides is 1. The number of aromatic nitrogens is 3. The van der Waals surface area contributed by atoms with Gasteiger partial charge in [0.1, 0.15) is 5.82 Å². The van der Waals surface area contributed by atoms with Crippen LogP contribution in [0.5, 0.6) is 0 Å². The highest BCUT2D eigenvalue weighted by molar-refractivity contribution is 5.92. The topological polar surface area (TPSA) is 75.4 Å². The summed E-state index contributed by atoms with van der Waals surface area (Å²) in [6.45, 7) is 3.37. The molecule has 2 fully saturated rings. The number of oxazole rings is 1. The van der Waals surface area contributed by atoms with Gasteiger partial charge < -0.3 is 14.2 Å². The van der Waals surface area contributed by atoms with Gasteiger partial charge in [-0.3, -0.25) is 9.78 Å². The molecule has 7 heteroatoms. The first-order chi connectivity index (χ1) is 11.6. The minimum Gasteiger partial charge on any atom is -0.438 e. The second kappa shape index (κ2) is 5.89. The van der Waals surface area contributed by atoms with E-state index in [0.717, 1.165) is 31.7 Å². The summed E-state index contributed by atoms with van der Waals surface area (Å²) < 4.78 is 5.27. The Kier molecular flexibility index (Phi) is 3.70. The van der Waals surface area contributed by atoms with Gasteiger partial charge in [-0.2, -0.15) is 0 Å². The van der Waals surface area contributed by atoms with Crippen molar-refractivity contribution in [1.82, 2.24) is 19.9 Å². The molecule has 0 unspecified atom stereocenters. The largest absolute Gasteiger partial charge is 0.438 e. The van der Waals surface area contributed by atoms with Crippen LogP contribution in [-0.2, 0) is 0 Å². The van der Waals surface area contributed by atoms with Crippen molar-refractivity contribution >= 4 is 11.7 Å². The molecule has 126 valence electrons. The molecule has 3 atom stereocenters. The Bertz CT molecular complexity index is 732. The summed E-state index contributed by atoms with van der Waals surface area (Å²) in [7, 11) is 2.07. The minimum absolute atomic E-state index is 0.0414. The van der Waals surface area contributed by atoms with Gasteiger partial charge in [-0.05, 0) is 25.7 Å². The van der Waals surface area contributed by atoms with E-state index < -0.39 is 0 Å². The smallest absolute Gasteiger partial charge is 0.291 e. The Morgan fingerprint density at radius 1 is 1.29 bits per heavy atom. The SMILES string of the molecule is Cc1ncoc1C(=O)N1C[C@H]2CC[C@@H](N(C)c3cnccn3)[C@H]2C1. The molecule has 2 aromatic heterocycles. The van der Waals surface area contributed by atoms with Crippen molar-refractivity contribution in [3.63, 3.8) is 0 Å². The van der Waals surface area contributed by atoms with Crippen LogP contribution >= 0.6 is 0 Å². The Morgan fingerprint density at radius 2 is 2.17 bits per heavy atom. The van der Waals surface area contributed by atoms with E-state index in [1.54, 1.807) is 25.5 Å². The van der Waals surface area contributed by atoms with Crippen molar-refractivity contribution in [2.24, 2.45) is 11.8 Å². The molecular formula is C17H21N5O2. The standard InChI is InChI=1S/C17H21N5O2/c1-11-16(24-10-20-11)17(23)22-8-12-3-4-14(13(12)9-22)21(2)15-7-18-5-6-19-15/h5-7,10,12-14H,3-4,8-9H2,1-2H3/t12-,13+,14-/m1/s1. The van der Waals surface area contributed by atoms with Gasteiger partial charge in [0.25, 0.3) is 5.91 Å². The van der Waals surface area contributed by atoms with Gasteiger partial charge in [0, 0.05) is 44.5 Å². The lowest BCUT2D eigenvalue weighted by atomic mass is 9.97. The molecule has 1 aliphatic carbocycles. The van der Waals surface area contributed by atoms with E-state index in [4.69, 9.17) is 4.42 Å². The molecule has 1 saturated carbocycles. The van der Waals surface area contributed by atoms with Gasteiger partial charge in [0.15, 0.2) is 6.39 Å². The van der Waals surface area contributed by atoms with Crippen LogP contribution in [-0.4, -0.2) is 51.9 Å². The number of anilines is 1. The zero-order valence-electron chi connectivity index (χ0n) is 13.9. The number of carbonyl (C=O) groups excluding carboxylic acids is 1. The molecule has 1 amide bonds. The second-order valence-corrected chi connectivity index (χ2v) is 6.72. The van der Waals surface area contributed by atoms with Crippen molar-refractivity contribution < 1.29 is 9.21 Å². The summed E-state index contributed by atoms with van der Waals surface area (Å²) in [5.41, 5.74) is 0.658. The molecule has 0 N–H and O–H groups in total. The average molecular weight is 327 g/mol. The summed E-state index contributed by atoms with van der Waals surface area (Å²) >= 11 is 0. The van der Waals surface area contributed by atoms with E-state index >= 15 is 0 Å². The first kappa shape index (κ1) is 15.1. The maximum atomic E-state index is 12.7. The van der Waals surface area contributed by atoms with Gasteiger partial charge >= 0.3 is 0 Å². The van der Waals surface area contributed by atoms with E-state index in [0.29, 0.717) is 29.3 Å². The third-order valence-electron chi connectivity index (χ3n) is 5.45. The fourth-order valence-corrected chi connectivity index (χ4v) is 4.18. The van der Waals surface area contributed by atoms with Crippen molar-refractivity contribution in [2.75, 3.05) is 25.0 Å². The summed E-state index contributed by atoms with van der Waals surface area (Å²) in [6.07, 6.45) is 8.80. The number of carbonyl (C=O) groups is 1. The van der Waals surface area contributed by atoms with Gasteiger partial charge in [-0.15, -0.1) is 0 Å². The average Bonchev–Trinajstić information content (AvgIpc) is 3.29. The normalized spacial score (nSPS) is 25.8. The number of fused-ring (bicyclic) bond motifs is 1. The van der Waals surface area contributed by atoms with Crippen LogP contribution in [0.3, 0.4) is 0 Å². The fraction of sp³-hybridized carbons (Fsp3) is 0.529. The molecular weight excluding hydrogens is 306 g/mol. The van der Waals surface area contributed by atoms with Crippen LogP contribution in [0.4, 0.5) is 5.82 Å². The third kappa shape index (κ3) is 2.44. The monoisotopic (exact) mass is 327 g/mol. The van der Waals surface area contributed by atoms with Gasteiger partial charge in [0.2, 0.25) is 5.76 Å². The zero-order valence-corrected chi connectivity index (χ0v) is 13.9. The highest BCUT2D eigenvalue weighted by atomic mass is 16.3. The Labute approximate surface area is 140 Å². The summed E-state index contributed by atoms with van der Waals surface area (Å²) in [5, 5.41) is 0. The number of nitrogens with zero attached hydrogens (tertiary/aromatic N) is 5. The summed E-state index contributed by atoms with van der Waals surface area (Å²) in [4.78, 5) is 29.4. The molecule has 1 saturated heterocycles. The van der Waals surface area contributed by atoms with Crippen LogP contribution in [0.2, 0.25) is 0 Å². The third-order valence-corrected chi connectivity index (χ3v) is 5.45. The molecule has 4 rings (SSSR count). The van der Waals surface area contributed by atoms with Crippen molar-refractivity contribution in [3.05, 3.63) is 36.4 Å². The van der Waals surface area contributed by atoms with Crippen LogP contribution in [0.15, 0.2) is 29.4 Å². The molecule has 2 aliphatic rings. The first-order valence-electron chi connectivity index (χ1n) is 8.33. The first-order valence-corrected chi connectivity index (χ1v) is 8.33. The quantitative estimate of drug-likeness (QED) is 0.855. The molecule has 0 radical (unpaired) electrons. The van der Waals surface area contributed by atoms with Crippen LogP contribution in [0, 0.1) is 18.8 Å². The molecule has 2 aromatic rings. The summed E-state index contributed by atoms with van der Waals surface area (Å²) in [6, 6.07) is 0.389. The maximum Gasteiger partial charge on any atom is 0.291 e. The Hall–Kier alpha value is -2.44. The van der Waals surface area contributed by atoms with E-state index in [1.807, 2.05) is 4.90 Å². The highest BCUT2D eigenvalue weighted by Gasteiger charge is 2.46. The van der Waals surface area contributed by atoms with Gasteiger partial charge in [-0.1, -0.05) is 0 Å². The van der Waals surface area contributed by atoms with Crippen LogP contribution < -0.4 is 4.90 Å². The Balaban J connectivity index is 1.49. The van der Waals surface area contributed by atoms with E-state index in [-0.39, 0.29) is 5.91 Å². The van der Waals surface area contributed by atoms with Crippen molar-refractivity contribution in [3.8, 4) is 0 Å². The zero-order chi connectivity index (χ0) is 16.7. The van der Waals surface area contributed by atoms with Gasteiger partial charge in [-0.25, -0.2) is 9.97 Å².